The molecule has 1 saturated carbocycles. The Morgan fingerprint density at radius 3 is 1.44 bits per heavy atom. The molecule has 284 valence electrons. The van der Waals surface area contributed by atoms with E-state index in [2.05, 4.69) is 11.8 Å². The molecule has 0 aromatic carbocycles. The monoisotopic (exact) mass is 680 g/mol. The van der Waals surface area contributed by atoms with Crippen LogP contribution < -0.4 is 0 Å². The Bertz CT molecular complexity index is 686. The molecule has 0 spiro atoms. The minimum Gasteiger partial charge on any atom is -0.466 e. The molecule has 0 atom stereocenters. The second-order valence-corrected chi connectivity index (χ2v) is 14.9. The van der Waals surface area contributed by atoms with E-state index in [1.54, 1.807) is 0 Å². The number of hydrogen-bond acceptors (Lipinski definition) is 6. The predicted octanol–water partition coefficient (Wildman–Crippen LogP) is 11.6. The summed E-state index contributed by atoms with van der Waals surface area (Å²) in [5.41, 5.74) is 0. The molecule has 0 amide bonds. The molecule has 0 aromatic rings. The Morgan fingerprint density at radius 1 is 0.521 bits per heavy atom. The van der Waals surface area contributed by atoms with Gasteiger partial charge in [-0.15, -0.1) is 0 Å². The topological polar surface area (TPSA) is 76.1 Å². The standard InChI is InChI=1S/C42H81NO5/c1-2-3-4-5-14-23-30-39-47-41(45)33-26-19-15-21-28-35-43(37-38-44)36-29-22-16-20-27-34-42(46)48-40-31-24-17-12-10-8-6-7-9-11-13-18-25-32-40/h40,44H,2-39H2,1H3. The van der Waals surface area contributed by atoms with Gasteiger partial charge in [-0.25, -0.2) is 0 Å². The van der Waals surface area contributed by atoms with Crippen LogP contribution in [0, 0.1) is 0 Å². The highest BCUT2D eigenvalue weighted by Gasteiger charge is 2.14. The summed E-state index contributed by atoms with van der Waals surface area (Å²) < 4.78 is 11.4. The van der Waals surface area contributed by atoms with Crippen LogP contribution >= 0.6 is 0 Å². The van der Waals surface area contributed by atoms with Crippen LogP contribution in [0.1, 0.15) is 219 Å². The Morgan fingerprint density at radius 2 is 0.938 bits per heavy atom. The Hall–Kier alpha value is -1.14. The van der Waals surface area contributed by atoms with Gasteiger partial charge in [0.2, 0.25) is 0 Å². The Kier molecular flexibility index (Phi) is 33.4. The maximum atomic E-state index is 12.6. The summed E-state index contributed by atoms with van der Waals surface area (Å²) in [5.74, 6) is -0.0111. The zero-order chi connectivity index (χ0) is 34.6. The molecule has 0 radical (unpaired) electrons. The van der Waals surface area contributed by atoms with Crippen LogP contribution in [0.15, 0.2) is 0 Å². The van der Waals surface area contributed by atoms with Gasteiger partial charge < -0.3 is 19.5 Å². The summed E-state index contributed by atoms with van der Waals surface area (Å²) in [7, 11) is 0. The van der Waals surface area contributed by atoms with E-state index < -0.39 is 0 Å². The van der Waals surface area contributed by atoms with E-state index in [9.17, 15) is 14.7 Å². The lowest BCUT2D eigenvalue weighted by Crippen LogP contribution is -2.29. The van der Waals surface area contributed by atoms with Gasteiger partial charge in [0, 0.05) is 19.4 Å². The fraction of sp³-hybridized carbons (Fsp3) is 0.952. The number of carbonyl (C=O) groups excluding carboxylic acids is 2. The van der Waals surface area contributed by atoms with Crippen molar-refractivity contribution in [1.82, 2.24) is 4.90 Å². The van der Waals surface area contributed by atoms with Gasteiger partial charge >= 0.3 is 11.9 Å². The van der Waals surface area contributed by atoms with Crippen molar-refractivity contribution in [3.05, 3.63) is 0 Å². The molecule has 48 heavy (non-hydrogen) atoms. The third-order valence-electron chi connectivity index (χ3n) is 10.2. The zero-order valence-electron chi connectivity index (χ0n) is 32.0. The maximum absolute atomic E-state index is 12.6. The van der Waals surface area contributed by atoms with Gasteiger partial charge in [0.1, 0.15) is 6.10 Å². The van der Waals surface area contributed by atoms with E-state index in [-0.39, 0.29) is 24.6 Å². The van der Waals surface area contributed by atoms with Crippen molar-refractivity contribution >= 4 is 11.9 Å². The van der Waals surface area contributed by atoms with Gasteiger partial charge in [-0.1, -0.05) is 148 Å². The number of hydrogen-bond donors (Lipinski definition) is 1. The average molecular weight is 680 g/mol. The van der Waals surface area contributed by atoms with Crippen molar-refractivity contribution in [1.29, 1.82) is 0 Å². The molecular weight excluding hydrogens is 598 g/mol. The lowest BCUT2D eigenvalue weighted by atomic mass is 10.0. The molecule has 1 N–H and O–H groups in total. The molecule has 1 aliphatic rings. The van der Waals surface area contributed by atoms with Gasteiger partial charge in [-0.05, 0) is 70.9 Å². The van der Waals surface area contributed by atoms with Crippen LogP contribution in [0.4, 0.5) is 0 Å². The first-order valence-corrected chi connectivity index (χ1v) is 21.3. The van der Waals surface area contributed by atoms with Gasteiger partial charge in [-0.3, -0.25) is 9.59 Å². The van der Waals surface area contributed by atoms with Crippen LogP contribution in [-0.4, -0.2) is 60.9 Å². The molecule has 0 bridgehead atoms. The molecule has 0 unspecified atom stereocenters. The third-order valence-corrected chi connectivity index (χ3v) is 10.2. The largest absolute Gasteiger partial charge is 0.466 e. The van der Waals surface area contributed by atoms with Crippen molar-refractivity contribution in [3.8, 4) is 0 Å². The van der Waals surface area contributed by atoms with Crippen molar-refractivity contribution in [2.24, 2.45) is 0 Å². The van der Waals surface area contributed by atoms with E-state index in [1.807, 2.05) is 0 Å². The summed E-state index contributed by atoms with van der Waals surface area (Å²) in [6.45, 7) is 5.86. The Balaban J connectivity index is 2.03. The van der Waals surface area contributed by atoms with Crippen LogP contribution in [0.5, 0.6) is 0 Å². The van der Waals surface area contributed by atoms with Crippen LogP contribution in [-0.2, 0) is 19.1 Å². The van der Waals surface area contributed by atoms with E-state index in [0.29, 0.717) is 19.4 Å². The van der Waals surface area contributed by atoms with Crippen LogP contribution in [0.25, 0.3) is 0 Å². The van der Waals surface area contributed by atoms with Gasteiger partial charge in [0.15, 0.2) is 0 Å². The molecule has 1 aliphatic carbocycles. The molecule has 1 rings (SSSR count). The summed E-state index contributed by atoms with van der Waals surface area (Å²) in [6.07, 6.45) is 38.9. The highest BCUT2D eigenvalue weighted by atomic mass is 16.5. The summed E-state index contributed by atoms with van der Waals surface area (Å²) in [6, 6.07) is 0. The van der Waals surface area contributed by atoms with E-state index in [1.165, 1.54) is 128 Å². The predicted molar refractivity (Wildman–Crippen MR) is 202 cm³/mol. The van der Waals surface area contributed by atoms with E-state index in [4.69, 9.17) is 9.47 Å². The van der Waals surface area contributed by atoms with Crippen molar-refractivity contribution < 1.29 is 24.2 Å². The number of nitrogens with zero attached hydrogens (tertiary/aromatic N) is 1. The molecule has 0 heterocycles. The molecule has 6 nitrogen and oxygen atoms in total. The zero-order valence-corrected chi connectivity index (χ0v) is 32.0. The fourth-order valence-corrected chi connectivity index (χ4v) is 7.08. The van der Waals surface area contributed by atoms with Gasteiger partial charge in [0.05, 0.1) is 13.2 Å². The van der Waals surface area contributed by atoms with Crippen LogP contribution in [0.2, 0.25) is 0 Å². The lowest BCUT2D eigenvalue weighted by Gasteiger charge is -2.21. The summed E-state index contributed by atoms with van der Waals surface area (Å²) in [5, 5.41) is 9.52. The average Bonchev–Trinajstić information content (AvgIpc) is 3.09. The fourth-order valence-electron chi connectivity index (χ4n) is 7.08. The first-order valence-electron chi connectivity index (χ1n) is 21.3. The summed E-state index contributed by atoms with van der Waals surface area (Å²) >= 11 is 0. The van der Waals surface area contributed by atoms with Crippen molar-refractivity contribution in [3.63, 3.8) is 0 Å². The first-order chi connectivity index (χ1) is 23.7. The number of esters is 2. The first kappa shape index (κ1) is 44.9. The number of aliphatic hydroxyl groups is 1. The molecular formula is C42H81NO5. The van der Waals surface area contributed by atoms with Crippen molar-refractivity contribution in [2.75, 3.05) is 32.8 Å². The van der Waals surface area contributed by atoms with E-state index >= 15 is 0 Å². The molecule has 6 heteroatoms. The minimum atomic E-state index is -0.0303. The molecule has 1 fully saturated rings. The molecule has 0 aliphatic heterocycles. The number of carbonyl (C=O) groups is 2. The van der Waals surface area contributed by atoms with Crippen molar-refractivity contribution in [2.45, 2.75) is 225 Å². The molecule has 0 aromatic heterocycles. The Labute approximate surface area is 298 Å². The summed E-state index contributed by atoms with van der Waals surface area (Å²) in [4.78, 5) is 27.0. The highest BCUT2D eigenvalue weighted by Crippen LogP contribution is 2.20. The minimum absolute atomic E-state index is 0.0192. The second kappa shape index (κ2) is 35.7. The number of ether oxygens (including phenoxy) is 2. The highest BCUT2D eigenvalue weighted by molar-refractivity contribution is 5.69. The SMILES string of the molecule is CCCCCCCCCOC(=O)CCCCCCCN(CCO)CCCCCCCC(=O)OC1CCCCCCCCCCCCCC1. The van der Waals surface area contributed by atoms with Crippen LogP contribution in [0.3, 0.4) is 0 Å². The maximum Gasteiger partial charge on any atom is 0.306 e. The van der Waals surface area contributed by atoms with Gasteiger partial charge in [-0.2, -0.15) is 0 Å². The number of rotatable bonds is 27. The van der Waals surface area contributed by atoms with E-state index in [0.717, 1.165) is 90.3 Å². The number of aliphatic hydroxyl groups excluding tert-OH is 1. The van der Waals surface area contributed by atoms with Gasteiger partial charge in [0.25, 0.3) is 0 Å². The molecule has 0 saturated heterocycles. The lowest BCUT2D eigenvalue weighted by molar-refractivity contribution is -0.150. The quantitative estimate of drug-likeness (QED) is 0.0688. The third kappa shape index (κ3) is 30.9. The normalized spacial score (nSPS) is 16.0. The second-order valence-electron chi connectivity index (χ2n) is 14.9. The smallest absolute Gasteiger partial charge is 0.306 e. The number of unbranched alkanes of at least 4 members (excludes halogenated alkanes) is 14.